The van der Waals surface area contributed by atoms with Crippen molar-refractivity contribution in [2.45, 2.75) is 27.2 Å². The number of anilines is 2. The number of sulfonamides is 1. The second-order valence-corrected chi connectivity index (χ2v) is 8.34. The van der Waals surface area contributed by atoms with Crippen LogP contribution in [0.5, 0.6) is 5.75 Å². The van der Waals surface area contributed by atoms with Crippen molar-refractivity contribution in [1.29, 1.82) is 0 Å². The highest BCUT2D eigenvalue weighted by Gasteiger charge is 2.16. The van der Waals surface area contributed by atoms with Gasteiger partial charge in [-0.3, -0.25) is 9.52 Å². The number of hydrogen-bond donors (Lipinski definition) is 2. The zero-order valence-electron chi connectivity index (χ0n) is 14.5. The van der Waals surface area contributed by atoms with Crippen LogP contribution >= 0.6 is 11.3 Å². The maximum atomic E-state index is 12.4. The molecule has 0 saturated heterocycles. The molecule has 0 radical (unpaired) electrons. The van der Waals surface area contributed by atoms with E-state index >= 15 is 0 Å². The van der Waals surface area contributed by atoms with Crippen molar-refractivity contribution in [3.05, 3.63) is 33.8 Å². The zero-order valence-corrected chi connectivity index (χ0v) is 16.2. The summed E-state index contributed by atoms with van der Waals surface area (Å²) in [6, 6.07) is 4.74. The van der Waals surface area contributed by atoms with Crippen molar-refractivity contribution in [2.75, 3.05) is 22.9 Å². The lowest BCUT2D eigenvalue weighted by Crippen LogP contribution is -2.16. The van der Waals surface area contributed by atoms with Crippen LogP contribution in [0.2, 0.25) is 0 Å². The number of carbonyl (C=O) groups is 1. The molecule has 136 valence electrons. The molecule has 9 heteroatoms. The van der Waals surface area contributed by atoms with Gasteiger partial charge < -0.3 is 10.1 Å². The normalized spacial score (nSPS) is 11.2. The summed E-state index contributed by atoms with van der Waals surface area (Å²) >= 11 is 1.36. The predicted molar refractivity (Wildman–Crippen MR) is 100 cm³/mol. The number of carbonyl (C=O) groups excluding carboxylic acids is 1. The van der Waals surface area contributed by atoms with Crippen molar-refractivity contribution in [1.82, 2.24) is 4.98 Å². The van der Waals surface area contributed by atoms with Crippen LogP contribution in [0.15, 0.2) is 18.2 Å². The van der Waals surface area contributed by atoms with Crippen LogP contribution in [-0.2, 0) is 16.4 Å². The smallest absolute Gasteiger partial charge is 0.267 e. The van der Waals surface area contributed by atoms with Crippen LogP contribution in [-0.4, -0.2) is 32.2 Å². The van der Waals surface area contributed by atoms with E-state index in [9.17, 15) is 13.2 Å². The Morgan fingerprint density at radius 3 is 2.60 bits per heavy atom. The number of nitrogens with one attached hydrogen (secondary N) is 2. The number of aromatic nitrogens is 1. The van der Waals surface area contributed by atoms with Gasteiger partial charge in [0, 0.05) is 11.8 Å². The maximum Gasteiger partial charge on any atom is 0.267 e. The van der Waals surface area contributed by atoms with Crippen molar-refractivity contribution >= 4 is 38.6 Å². The lowest BCUT2D eigenvalue weighted by molar-refractivity contribution is 0.103. The SMILES string of the molecule is CCc1nc(C)c(C(=O)Nc2ccc(NS(=O)(=O)CC)c(OC)c2)s1. The second-order valence-electron chi connectivity index (χ2n) is 5.25. The molecule has 2 rings (SSSR count). The van der Waals surface area contributed by atoms with E-state index in [1.54, 1.807) is 32.0 Å². The largest absolute Gasteiger partial charge is 0.494 e. The fraction of sp³-hybridized carbons (Fsp3) is 0.375. The molecule has 0 unspecified atom stereocenters. The summed E-state index contributed by atoms with van der Waals surface area (Å²) in [6.07, 6.45) is 0.777. The highest BCUT2D eigenvalue weighted by atomic mass is 32.2. The molecule has 1 amide bonds. The Bertz CT molecular complexity index is 876. The molecule has 2 aromatic rings. The fourth-order valence-electron chi connectivity index (χ4n) is 2.10. The minimum atomic E-state index is -3.41. The Morgan fingerprint density at radius 1 is 1.32 bits per heavy atom. The van der Waals surface area contributed by atoms with Crippen molar-refractivity contribution < 1.29 is 17.9 Å². The topological polar surface area (TPSA) is 97.4 Å². The number of nitrogens with zero attached hydrogens (tertiary/aromatic N) is 1. The van der Waals surface area contributed by atoms with Gasteiger partial charge in [-0.05, 0) is 32.4 Å². The number of rotatable bonds is 7. The standard InChI is InChI=1S/C16H21N3O4S2/c1-5-14-17-10(3)15(24-14)16(20)18-11-7-8-12(13(9-11)23-4)19-25(21,22)6-2/h7-9,19H,5-6H2,1-4H3,(H,18,20). The molecule has 7 nitrogen and oxygen atoms in total. The van der Waals surface area contributed by atoms with Crippen molar-refractivity contribution in [3.63, 3.8) is 0 Å². The van der Waals surface area contributed by atoms with Gasteiger partial charge in [-0.25, -0.2) is 13.4 Å². The Morgan fingerprint density at radius 2 is 2.04 bits per heavy atom. The number of benzene rings is 1. The Hall–Kier alpha value is -2.13. The monoisotopic (exact) mass is 383 g/mol. The van der Waals surface area contributed by atoms with Gasteiger partial charge >= 0.3 is 0 Å². The molecule has 0 spiro atoms. The van der Waals surface area contributed by atoms with Crippen molar-refractivity contribution in [3.8, 4) is 5.75 Å². The van der Waals surface area contributed by atoms with Crippen LogP contribution in [0.1, 0.15) is 34.2 Å². The van der Waals surface area contributed by atoms with E-state index in [0.717, 1.165) is 11.4 Å². The maximum absolute atomic E-state index is 12.4. The summed E-state index contributed by atoms with van der Waals surface area (Å²) in [4.78, 5) is 17.3. The minimum absolute atomic E-state index is 0.0426. The minimum Gasteiger partial charge on any atom is -0.494 e. The van der Waals surface area contributed by atoms with Gasteiger partial charge in [0.1, 0.15) is 10.6 Å². The average molecular weight is 383 g/mol. The molecular formula is C16H21N3O4S2. The number of aryl methyl sites for hydroxylation is 2. The first kappa shape index (κ1) is 19.2. The first-order valence-corrected chi connectivity index (χ1v) is 10.2. The second kappa shape index (κ2) is 7.83. The van der Waals surface area contributed by atoms with E-state index in [-0.39, 0.29) is 11.7 Å². The summed E-state index contributed by atoms with van der Waals surface area (Å²) in [6.45, 7) is 5.33. The van der Waals surface area contributed by atoms with E-state index in [1.807, 2.05) is 6.92 Å². The van der Waals surface area contributed by atoms with Crippen LogP contribution in [0.3, 0.4) is 0 Å². The van der Waals surface area contributed by atoms with Gasteiger partial charge in [-0.2, -0.15) is 0 Å². The average Bonchev–Trinajstić information content (AvgIpc) is 2.97. The Kier molecular flexibility index (Phi) is 6.02. The van der Waals surface area contributed by atoms with Gasteiger partial charge in [0.25, 0.3) is 5.91 Å². The number of ether oxygens (including phenoxy) is 1. The van der Waals surface area contributed by atoms with E-state index in [4.69, 9.17) is 4.74 Å². The zero-order chi connectivity index (χ0) is 18.6. The quantitative estimate of drug-likeness (QED) is 0.766. The Balaban J connectivity index is 2.22. The molecule has 0 aliphatic carbocycles. The number of thiazole rings is 1. The molecule has 0 aliphatic heterocycles. The van der Waals surface area contributed by atoms with Gasteiger partial charge in [0.2, 0.25) is 10.0 Å². The molecule has 2 N–H and O–H groups in total. The van der Waals surface area contributed by atoms with Gasteiger partial charge in [-0.15, -0.1) is 11.3 Å². The Labute approximate surface area is 151 Å². The molecule has 0 fully saturated rings. The van der Waals surface area contributed by atoms with Crippen LogP contribution in [0, 0.1) is 6.92 Å². The number of amides is 1. The third-order valence-corrected chi connectivity index (χ3v) is 6.05. The van der Waals surface area contributed by atoms with Gasteiger partial charge in [0.15, 0.2) is 0 Å². The van der Waals surface area contributed by atoms with E-state index in [1.165, 1.54) is 18.4 Å². The summed E-state index contributed by atoms with van der Waals surface area (Å²) in [7, 11) is -1.98. The van der Waals surface area contributed by atoms with Gasteiger partial charge in [0.05, 0.1) is 29.3 Å². The molecule has 0 saturated carbocycles. The summed E-state index contributed by atoms with van der Waals surface area (Å²) in [5.74, 6) is 0.0303. The van der Waals surface area contributed by atoms with Crippen LogP contribution in [0.4, 0.5) is 11.4 Å². The number of methoxy groups -OCH3 is 1. The van der Waals surface area contributed by atoms with Crippen molar-refractivity contribution in [2.24, 2.45) is 0 Å². The summed E-state index contributed by atoms with van der Waals surface area (Å²) in [5.41, 5.74) is 1.52. The van der Waals surface area contributed by atoms with E-state index in [2.05, 4.69) is 15.0 Å². The lowest BCUT2D eigenvalue weighted by Gasteiger charge is -2.13. The first-order chi connectivity index (χ1) is 11.8. The molecule has 1 aromatic carbocycles. The molecule has 0 atom stereocenters. The summed E-state index contributed by atoms with van der Waals surface area (Å²) in [5, 5.41) is 3.70. The molecule has 0 bridgehead atoms. The van der Waals surface area contributed by atoms with Gasteiger partial charge in [-0.1, -0.05) is 6.92 Å². The third-order valence-electron chi connectivity index (χ3n) is 3.45. The third kappa shape index (κ3) is 4.70. The lowest BCUT2D eigenvalue weighted by atomic mass is 10.2. The number of hydrogen-bond acceptors (Lipinski definition) is 6. The molecule has 25 heavy (non-hydrogen) atoms. The predicted octanol–water partition coefficient (Wildman–Crippen LogP) is 3.04. The molecule has 1 aromatic heterocycles. The molecular weight excluding hydrogens is 362 g/mol. The fourth-order valence-corrected chi connectivity index (χ4v) is 3.64. The van der Waals surface area contributed by atoms with Crippen LogP contribution in [0.25, 0.3) is 0 Å². The van der Waals surface area contributed by atoms with Crippen LogP contribution < -0.4 is 14.8 Å². The van der Waals surface area contributed by atoms with E-state index < -0.39 is 10.0 Å². The highest BCUT2D eigenvalue weighted by molar-refractivity contribution is 7.92. The van der Waals surface area contributed by atoms with E-state index in [0.29, 0.717) is 27.7 Å². The summed E-state index contributed by atoms with van der Waals surface area (Å²) < 4.78 is 31.1. The highest BCUT2D eigenvalue weighted by Crippen LogP contribution is 2.29. The molecule has 1 heterocycles. The first-order valence-electron chi connectivity index (χ1n) is 7.75. The molecule has 0 aliphatic rings.